The van der Waals surface area contributed by atoms with Gasteiger partial charge in [-0.25, -0.2) is 0 Å². The normalized spacial score (nSPS) is 12.3. The summed E-state index contributed by atoms with van der Waals surface area (Å²) in [7, 11) is 0. The quantitative estimate of drug-likeness (QED) is 0.0390. The first-order valence-electron chi connectivity index (χ1n) is 22.8. The second-order valence-corrected chi connectivity index (χ2v) is 15.5. The monoisotopic (exact) mass is 707 g/mol. The highest BCUT2D eigenvalue weighted by Gasteiger charge is 2.13. The van der Waals surface area contributed by atoms with E-state index in [2.05, 4.69) is 26.0 Å². The van der Waals surface area contributed by atoms with Gasteiger partial charge < -0.3 is 14.6 Å². The molecule has 0 spiro atoms. The predicted octanol–water partition coefficient (Wildman–Crippen LogP) is 14.9. The van der Waals surface area contributed by atoms with Gasteiger partial charge in [0.1, 0.15) is 6.10 Å². The van der Waals surface area contributed by atoms with E-state index >= 15 is 0 Å². The third kappa shape index (κ3) is 41.5. The average molecular weight is 707 g/mol. The van der Waals surface area contributed by atoms with E-state index in [1.165, 1.54) is 212 Å². The molecule has 0 aliphatic rings. The van der Waals surface area contributed by atoms with Gasteiger partial charge in [-0.15, -0.1) is 0 Å². The minimum Gasteiger partial charge on any atom is -0.457 e. The number of aliphatic hydroxyl groups excluding tert-OH is 1. The second kappa shape index (κ2) is 44.3. The van der Waals surface area contributed by atoms with Gasteiger partial charge in [0, 0.05) is 13.0 Å². The molecule has 0 aromatic carbocycles. The fraction of sp³-hybridized carbons (Fsp3) is 0.935. The van der Waals surface area contributed by atoms with Crippen LogP contribution in [-0.2, 0) is 14.3 Å². The summed E-state index contributed by atoms with van der Waals surface area (Å²) in [4.78, 5) is 12.2. The van der Waals surface area contributed by atoms with Crippen LogP contribution in [0.4, 0.5) is 0 Å². The van der Waals surface area contributed by atoms with E-state index in [1.54, 1.807) is 0 Å². The molecule has 0 fully saturated rings. The lowest BCUT2D eigenvalue weighted by Crippen LogP contribution is -2.27. The molecule has 4 nitrogen and oxygen atoms in total. The van der Waals surface area contributed by atoms with Gasteiger partial charge in [0.25, 0.3) is 0 Å². The predicted molar refractivity (Wildman–Crippen MR) is 219 cm³/mol. The first-order chi connectivity index (χ1) is 24.7. The first-order valence-corrected chi connectivity index (χ1v) is 22.8. The van der Waals surface area contributed by atoms with Crippen molar-refractivity contribution in [3.05, 3.63) is 12.2 Å². The number of rotatable bonds is 43. The van der Waals surface area contributed by atoms with Crippen LogP contribution in [-0.4, -0.2) is 37.0 Å². The number of carbonyl (C=O) groups is 1. The Labute approximate surface area is 314 Å². The maximum absolute atomic E-state index is 12.2. The van der Waals surface area contributed by atoms with E-state index in [0.717, 1.165) is 19.3 Å². The highest BCUT2D eigenvalue weighted by atomic mass is 16.6. The summed E-state index contributed by atoms with van der Waals surface area (Å²) in [5, 5.41) is 9.61. The third-order valence-corrected chi connectivity index (χ3v) is 10.3. The van der Waals surface area contributed by atoms with Crippen molar-refractivity contribution in [1.29, 1.82) is 0 Å². The van der Waals surface area contributed by atoms with E-state index in [-0.39, 0.29) is 12.6 Å². The highest BCUT2D eigenvalue weighted by Crippen LogP contribution is 2.16. The third-order valence-electron chi connectivity index (χ3n) is 10.3. The van der Waals surface area contributed by atoms with Gasteiger partial charge in [0.2, 0.25) is 0 Å². The van der Waals surface area contributed by atoms with Crippen LogP contribution >= 0.6 is 0 Å². The zero-order valence-electron chi connectivity index (χ0n) is 34.2. The van der Waals surface area contributed by atoms with Crippen LogP contribution in [0, 0.1) is 0 Å². The summed E-state index contributed by atoms with van der Waals surface area (Å²) in [5.41, 5.74) is 0. The summed E-state index contributed by atoms with van der Waals surface area (Å²) in [5.74, 6) is -0.196. The number of hydrogen-bond acceptors (Lipinski definition) is 4. The molecule has 0 aliphatic carbocycles. The van der Waals surface area contributed by atoms with Crippen molar-refractivity contribution in [1.82, 2.24) is 0 Å². The van der Waals surface area contributed by atoms with Crippen molar-refractivity contribution in [3.63, 3.8) is 0 Å². The van der Waals surface area contributed by atoms with Gasteiger partial charge in [-0.3, -0.25) is 4.79 Å². The maximum Gasteiger partial charge on any atom is 0.306 e. The number of aliphatic hydroxyl groups is 1. The number of ether oxygens (including phenoxy) is 2. The lowest BCUT2D eigenvalue weighted by atomic mass is 10.0. The van der Waals surface area contributed by atoms with Gasteiger partial charge >= 0.3 is 5.97 Å². The molecule has 0 rings (SSSR count). The van der Waals surface area contributed by atoms with Gasteiger partial charge in [0.05, 0.1) is 13.2 Å². The molecule has 0 saturated heterocycles. The summed E-state index contributed by atoms with van der Waals surface area (Å²) in [6.45, 7) is 5.38. The molecule has 0 radical (unpaired) electrons. The number of allylic oxidation sites excluding steroid dienone is 2. The van der Waals surface area contributed by atoms with Crippen LogP contribution in [0.5, 0.6) is 0 Å². The second-order valence-electron chi connectivity index (χ2n) is 15.5. The number of hydrogen-bond donors (Lipinski definition) is 1. The number of esters is 1. The molecule has 1 unspecified atom stereocenters. The van der Waals surface area contributed by atoms with Crippen molar-refractivity contribution in [2.75, 3.05) is 19.8 Å². The van der Waals surface area contributed by atoms with E-state index in [1.807, 2.05) is 0 Å². The SMILES string of the molecule is CCCCCCCC/C=C\CCCCCCCCOCC(CO)OC(=O)CCCCCCCCCCCCCCCCCCCCCCCC. The Morgan fingerprint density at radius 1 is 0.460 bits per heavy atom. The summed E-state index contributed by atoms with van der Waals surface area (Å²) in [6.07, 6.45) is 52.8. The molecular weight excluding hydrogens is 617 g/mol. The van der Waals surface area contributed by atoms with E-state index in [0.29, 0.717) is 19.6 Å². The number of unbranched alkanes of at least 4 members (excludes halogenated alkanes) is 33. The zero-order valence-corrected chi connectivity index (χ0v) is 34.2. The van der Waals surface area contributed by atoms with E-state index < -0.39 is 6.10 Å². The van der Waals surface area contributed by atoms with Crippen LogP contribution in [0.15, 0.2) is 12.2 Å². The van der Waals surface area contributed by atoms with Crippen molar-refractivity contribution in [3.8, 4) is 0 Å². The molecule has 4 heteroatoms. The smallest absolute Gasteiger partial charge is 0.306 e. The lowest BCUT2D eigenvalue weighted by Gasteiger charge is -2.15. The van der Waals surface area contributed by atoms with Crippen LogP contribution in [0.1, 0.15) is 251 Å². The average Bonchev–Trinajstić information content (AvgIpc) is 3.12. The molecule has 0 saturated carbocycles. The van der Waals surface area contributed by atoms with E-state index in [4.69, 9.17) is 9.47 Å². The standard InChI is InChI=1S/C46H90O4/c1-3-5-7-9-11-13-15-17-19-21-22-23-24-25-26-27-29-31-33-35-37-39-41-46(48)50-45(43-47)44-49-42-40-38-36-34-32-30-28-20-18-16-14-12-10-8-6-4-2/h18,20,45,47H,3-17,19,21-44H2,1-2H3/b20-18-. The van der Waals surface area contributed by atoms with Crippen molar-refractivity contribution < 1.29 is 19.4 Å². The molecule has 0 aromatic heterocycles. The lowest BCUT2D eigenvalue weighted by molar-refractivity contribution is -0.154. The molecule has 0 aromatic rings. The Kier molecular flexibility index (Phi) is 43.5. The van der Waals surface area contributed by atoms with Crippen LogP contribution in [0.25, 0.3) is 0 Å². The van der Waals surface area contributed by atoms with Crippen LogP contribution < -0.4 is 0 Å². The van der Waals surface area contributed by atoms with Crippen LogP contribution in [0.3, 0.4) is 0 Å². The molecule has 1 N–H and O–H groups in total. The molecule has 0 aliphatic heterocycles. The fourth-order valence-corrected chi connectivity index (χ4v) is 6.91. The summed E-state index contributed by atoms with van der Waals surface area (Å²) < 4.78 is 11.2. The number of carbonyl (C=O) groups excluding carboxylic acids is 1. The molecule has 298 valence electrons. The Morgan fingerprint density at radius 2 is 0.780 bits per heavy atom. The first kappa shape index (κ1) is 49.1. The Hall–Kier alpha value is -0.870. The van der Waals surface area contributed by atoms with E-state index in [9.17, 15) is 9.90 Å². The molecule has 0 amide bonds. The fourth-order valence-electron chi connectivity index (χ4n) is 6.91. The van der Waals surface area contributed by atoms with Crippen molar-refractivity contribution in [2.45, 2.75) is 258 Å². The summed E-state index contributed by atoms with van der Waals surface area (Å²) >= 11 is 0. The molecule has 0 heterocycles. The molecule has 50 heavy (non-hydrogen) atoms. The Balaban J connectivity index is 3.36. The largest absolute Gasteiger partial charge is 0.457 e. The van der Waals surface area contributed by atoms with Crippen molar-refractivity contribution >= 4 is 5.97 Å². The van der Waals surface area contributed by atoms with Crippen molar-refractivity contribution in [2.24, 2.45) is 0 Å². The molecule has 1 atom stereocenters. The van der Waals surface area contributed by atoms with Crippen LogP contribution in [0.2, 0.25) is 0 Å². The minimum atomic E-state index is -0.531. The molecular formula is C46H90O4. The Morgan fingerprint density at radius 3 is 1.14 bits per heavy atom. The molecule has 0 bridgehead atoms. The summed E-state index contributed by atoms with van der Waals surface area (Å²) in [6, 6.07) is 0. The highest BCUT2D eigenvalue weighted by molar-refractivity contribution is 5.69. The van der Waals surface area contributed by atoms with Gasteiger partial charge in [-0.05, 0) is 38.5 Å². The maximum atomic E-state index is 12.2. The van der Waals surface area contributed by atoms with Gasteiger partial charge in [-0.2, -0.15) is 0 Å². The zero-order chi connectivity index (χ0) is 36.3. The van der Waals surface area contributed by atoms with Gasteiger partial charge in [-0.1, -0.05) is 219 Å². The minimum absolute atomic E-state index is 0.168. The topological polar surface area (TPSA) is 55.8 Å². The Bertz CT molecular complexity index is 663. The van der Waals surface area contributed by atoms with Gasteiger partial charge in [0.15, 0.2) is 0 Å².